The van der Waals surface area contributed by atoms with Crippen molar-refractivity contribution < 1.29 is 4.79 Å². The number of benzene rings is 1. The summed E-state index contributed by atoms with van der Waals surface area (Å²) in [5.74, 6) is 0.545. The maximum atomic E-state index is 12.7. The van der Waals surface area contributed by atoms with Crippen molar-refractivity contribution in [2.24, 2.45) is 11.3 Å². The van der Waals surface area contributed by atoms with E-state index in [0.29, 0.717) is 5.92 Å². The summed E-state index contributed by atoms with van der Waals surface area (Å²) in [6.45, 7) is 4.33. The summed E-state index contributed by atoms with van der Waals surface area (Å²) < 4.78 is 0. The van der Waals surface area contributed by atoms with Gasteiger partial charge in [0.25, 0.3) is 0 Å². The molecule has 0 radical (unpaired) electrons. The van der Waals surface area contributed by atoms with Crippen molar-refractivity contribution in [2.75, 3.05) is 5.32 Å². The van der Waals surface area contributed by atoms with Crippen LogP contribution in [0.2, 0.25) is 0 Å². The molecule has 1 saturated carbocycles. The van der Waals surface area contributed by atoms with Crippen LogP contribution in [0.3, 0.4) is 0 Å². The molecule has 0 heterocycles. The van der Waals surface area contributed by atoms with Gasteiger partial charge in [0.05, 0.1) is 11.1 Å². The molecular formula is C16H23NOS. The highest BCUT2D eigenvalue weighted by molar-refractivity contribution is 7.80. The van der Waals surface area contributed by atoms with Gasteiger partial charge in [-0.1, -0.05) is 45.2 Å². The fourth-order valence-electron chi connectivity index (χ4n) is 3.08. The second kappa shape index (κ2) is 6.00. The van der Waals surface area contributed by atoms with Crippen LogP contribution in [0.5, 0.6) is 0 Å². The summed E-state index contributed by atoms with van der Waals surface area (Å²) in [6.07, 6.45) is 5.59. The molecule has 0 aromatic heterocycles. The van der Waals surface area contributed by atoms with Gasteiger partial charge in [0, 0.05) is 4.90 Å². The van der Waals surface area contributed by atoms with Gasteiger partial charge in [-0.2, -0.15) is 0 Å². The van der Waals surface area contributed by atoms with E-state index in [1.165, 1.54) is 6.42 Å². The molecule has 1 aromatic rings. The van der Waals surface area contributed by atoms with Gasteiger partial charge in [-0.3, -0.25) is 4.79 Å². The lowest BCUT2D eigenvalue weighted by atomic mass is 9.66. The Morgan fingerprint density at radius 2 is 1.84 bits per heavy atom. The average Bonchev–Trinajstić information content (AvgIpc) is 2.42. The fraction of sp³-hybridized carbons (Fsp3) is 0.562. The van der Waals surface area contributed by atoms with Crippen LogP contribution in [0.4, 0.5) is 5.69 Å². The minimum atomic E-state index is -0.200. The first-order valence-corrected chi connectivity index (χ1v) is 7.60. The van der Waals surface area contributed by atoms with E-state index in [1.807, 2.05) is 24.3 Å². The standard InChI is InChI=1S/C16H23NOS/c1-12(2)16(10-6-3-7-11-16)15(18)17-13-8-4-5-9-14(13)19/h4-5,8-9,12,19H,3,6-7,10-11H2,1-2H3,(H,17,18). The van der Waals surface area contributed by atoms with E-state index in [2.05, 4.69) is 31.8 Å². The first-order valence-electron chi connectivity index (χ1n) is 7.16. The van der Waals surface area contributed by atoms with Crippen LogP contribution in [0.25, 0.3) is 0 Å². The molecule has 0 spiro atoms. The Kier molecular flexibility index (Phi) is 4.56. The zero-order valence-electron chi connectivity index (χ0n) is 11.8. The molecule has 0 bridgehead atoms. The van der Waals surface area contributed by atoms with Crippen molar-refractivity contribution in [1.82, 2.24) is 0 Å². The molecule has 1 N–H and O–H groups in total. The van der Waals surface area contributed by atoms with Crippen molar-refractivity contribution in [3.63, 3.8) is 0 Å². The number of amides is 1. The Balaban J connectivity index is 2.19. The number of hydrogen-bond donors (Lipinski definition) is 2. The van der Waals surface area contributed by atoms with Crippen LogP contribution in [0.1, 0.15) is 46.0 Å². The van der Waals surface area contributed by atoms with E-state index in [0.717, 1.165) is 36.3 Å². The zero-order valence-corrected chi connectivity index (χ0v) is 12.7. The maximum Gasteiger partial charge on any atom is 0.230 e. The third-order valence-corrected chi connectivity index (χ3v) is 4.85. The Morgan fingerprint density at radius 3 is 2.42 bits per heavy atom. The van der Waals surface area contributed by atoms with Gasteiger partial charge in [-0.15, -0.1) is 12.6 Å². The number of para-hydroxylation sites is 1. The van der Waals surface area contributed by atoms with Crippen LogP contribution in [0.15, 0.2) is 29.2 Å². The number of carbonyl (C=O) groups excluding carboxylic acids is 1. The van der Waals surface area contributed by atoms with E-state index in [9.17, 15) is 4.79 Å². The monoisotopic (exact) mass is 277 g/mol. The summed E-state index contributed by atoms with van der Waals surface area (Å²) in [6, 6.07) is 7.67. The van der Waals surface area contributed by atoms with Crippen molar-refractivity contribution in [3.05, 3.63) is 24.3 Å². The summed E-state index contributed by atoms with van der Waals surface area (Å²) in [5, 5.41) is 3.09. The van der Waals surface area contributed by atoms with Crippen LogP contribution in [-0.4, -0.2) is 5.91 Å². The molecule has 0 unspecified atom stereocenters. The van der Waals surface area contributed by atoms with Crippen molar-refractivity contribution in [3.8, 4) is 0 Å². The van der Waals surface area contributed by atoms with Crippen molar-refractivity contribution in [1.29, 1.82) is 0 Å². The summed E-state index contributed by atoms with van der Waals surface area (Å²) in [5.41, 5.74) is 0.621. The van der Waals surface area contributed by atoms with Crippen LogP contribution >= 0.6 is 12.6 Å². The topological polar surface area (TPSA) is 29.1 Å². The molecule has 1 aliphatic carbocycles. The Bertz CT molecular complexity index is 450. The lowest BCUT2D eigenvalue weighted by Gasteiger charge is -2.39. The van der Waals surface area contributed by atoms with E-state index < -0.39 is 0 Å². The van der Waals surface area contributed by atoms with E-state index in [4.69, 9.17) is 0 Å². The Morgan fingerprint density at radius 1 is 1.21 bits per heavy atom. The van der Waals surface area contributed by atoms with Crippen LogP contribution < -0.4 is 5.32 Å². The third kappa shape index (κ3) is 2.97. The number of rotatable bonds is 3. The van der Waals surface area contributed by atoms with Gasteiger partial charge < -0.3 is 5.32 Å². The quantitative estimate of drug-likeness (QED) is 0.781. The zero-order chi connectivity index (χ0) is 13.9. The van der Waals surface area contributed by atoms with Crippen molar-refractivity contribution in [2.45, 2.75) is 50.8 Å². The highest BCUT2D eigenvalue weighted by Gasteiger charge is 2.42. The highest BCUT2D eigenvalue weighted by Crippen LogP contribution is 2.43. The minimum absolute atomic E-state index is 0.170. The van der Waals surface area contributed by atoms with Crippen LogP contribution in [0, 0.1) is 11.3 Å². The molecule has 1 aliphatic rings. The predicted octanol–water partition coefficient (Wildman–Crippen LogP) is 4.52. The van der Waals surface area contributed by atoms with Gasteiger partial charge in [0.1, 0.15) is 0 Å². The molecule has 2 rings (SSSR count). The first-order chi connectivity index (χ1) is 9.06. The lowest BCUT2D eigenvalue weighted by molar-refractivity contribution is -0.130. The van der Waals surface area contributed by atoms with Crippen LogP contribution in [-0.2, 0) is 4.79 Å². The van der Waals surface area contributed by atoms with Crippen molar-refractivity contribution >= 4 is 24.2 Å². The molecule has 1 fully saturated rings. The van der Waals surface area contributed by atoms with E-state index in [-0.39, 0.29) is 11.3 Å². The summed E-state index contributed by atoms with van der Waals surface area (Å²) in [4.78, 5) is 13.6. The van der Waals surface area contributed by atoms with Gasteiger partial charge in [0.2, 0.25) is 5.91 Å². The Labute approximate surface area is 121 Å². The number of anilines is 1. The number of carbonyl (C=O) groups is 1. The molecule has 1 aromatic carbocycles. The Hall–Kier alpha value is -0.960. The molecule has 1 amide bonds. The smallest absolute Gasteiger partial charge is 0.230 e. The third-order valence-electron chi connectivity index (χ3n) is 4.46. The van der Waals surface area contributed by atoms with Gasteiger partial charge in [0.15, 0.2) is 0 Å². The lowest BCUT2D eigenvalue weighted by Crippen LogP contribution is -2.42. The predicted molar refractivity (Wildman–Crippen MR) is 82.7 cm³/mol. The second-order valence-corrected chi connectivity index (χ2v) is 6.32. The first kappa shape index (κ1) is 14.4. The molecule has 2 nitrogen and oxygen atoms in total. The van der Waals surface area contributed by atoms with Gasteiger partial charge in [-0.05, 0) is 30.9 Å². The summed E-state index contributed by atoms with van der Waals surface area (Å²) in [7, 11) is 0. The molecule has 19 heavy (non-hydrogen) atoms. The molecular weight excluding hydrogens is 254 g/mol. The van der Waals surface area contributed by atoms with E-state index in [1.54, 1.807) is 0 Å². The second-order valence-electron chi connectivity index (χ2n) is 5.84. The van der Waals surface area contributed by atoms with E-state index >= 15 is 0 Å². The largest absolute Gasteiger partial charge is 0.325 e. The average molecular weight is 277 g/mol. The summed E-state index contributed by atoms with van der Waals surface area (Å²) >= 11 is 4.40. The molecule has 0 atom stereocenters. The maximum absolute atomic E-state index is 12.7. The minimum Gasteiger partial charge on any atom is -0.325 e. The fourth-order valence-corrected chi connectivity index (χ4v) is 3.29. The molecule has 0 saturated heterocycles. The molecule has 0 aliphatic heterocycles. The van der Waals surface area contributed by atoms with Gasteiger partial charge >= 0.3 is 0 Å². The van der Waals surface area contributed by atoms with Gasteiger partial charge in [-0.25, -0.2) is 0 Å². The number of thiol groups is 1. The normalized spacial score (nSPS) is 18.3. The molecule has 3 heteroatoms. The highest BCUT2D eigenvalue weighted by atomic mass is 32.1. The molecule has 104 valence electrons. The number of nitrogens with one attached hydrogen (secondary N) is 1. The SMILES string of the molecule is CC(C)C1(C(=O)Nc2ccccc2S)CCCCC1. The number of hydrogen-bond acceptors (Lipinski definition) is 2.